The van der Waals surface area contributed by atoms with E-state index in [1.165, 1.54) is 13.8 Å². The zero-order valence-corrected chi connectivity index (χ0v) is 40.1. The summed E-state index contributed by atoms with van der Waals surface area (Å²) in [7, 11) is -8.93. The van der Waals surface area contributed by atoms with Crippen molar-refractivity contribution in [3.05, 3.63) is 60.1 Å². The number of esters is 3. The van der Waals surface area contributed by atoms with Crippen LogP contribution in [0.3, 0.4) is 0 Å². The molecule has 2 aromatic heterocycles. The van der Waals surface area contributed by atoms with Crippen LogP contribution in [0.15, 0.2) is 37.6 Å². The molecular formula is C41H55N5O20P2. The van der Waals surface area contributed by atoms with Crippen molar-refractivity contribution in [2.24, 2.45) is 16.7 Å². The third-order valence-electron chi connectivity index (χ3n) is 12.1. The van der Waals surface area contributed by atoms with Gasteiger partial charge in [-0.05, 0) is 74.1 Å². The van der Waals surface area contributed by atoms with Crippen LogP contribution in [-0.4, -0.2) is 112 Å². The number of H-pyrrole nitrogens is 2. The molecular weight excluding hydrogens is 944 g/mol. The minimum absolute atomic E-state index is 0.159. The number of ether oxygens (including phenoxy) is 5. The van der Waals surface area contributed by atoms with Crippen LogP contribution in [0.4, 0.5) is 5.69 Å². The van der Waals surface area contributed by atoms with Gasteiger partial charge in [-0.1, -0.05) is 5.92 Å². The Hall–Kier alpha value is -4.73. The molecule has 6 heterocycles. The van der Waals surface area contributed by atoms with E-state index in [4.69, 9.17) is 57.3 Å². The number of hydrogen-bond donors (Lipinski definition) is 3. The predicted molar refractivity (Wildman–Crippen MR) is 232 cm³/mol. The van der Waals surface area contributed by atoms with E-state index >= 15 is 0 Å². The average molecular weight is 1000 g/mol. The van der Waals surface area contributed by atoms with Gasteiger partial charge in [0.15, 0.2) is 18.4 Å². The standard InChI is InChI=1S/C41H55N5O20P2/c1-9-39(7)29-26(20-59-67(54,65-29)57-17-12-24(32(49)61-22(3)4)33(50)62-23(5)6)63-34(39)46-19-25(31(48)43-38(46)53)44-40(8)30-27(64-35(40)45-16-11-28(47)42-37(45)52)21-60-68(55,66-30)58-18-15-41(13-14-41)36(51)56-10-2/h1,11,16,19,22-24,26-27,29-30,34-35,44H,10,12-15,17-18,20-21H2,2-8H3,(H,42,47,52)(H,43,48,53)/t26-,27-,29-,30-,34-,35-,39-,40-,67-,68-/m1/s1. The van der Waals surface area contributed by atoms with Crippen LogP contribution in [-0.2, 0) is 74.3 Å². The number of aromatic nitrogens is 4. The summed E-state index contributed by atoms with van der Waals surface area (Å²) in [5.74, 6) is -1.01. The SMILES string of the molecule is C#C[C@]1(C)[C@@H]2O[P@](=O)(OCCC(C(=O)OC(C)C)C(=O)OC(C)C)OC[C@H]2O[C@H]1n1cc(N[C@]2(C)[C@@H]3O[P@](=O)(OCCC4(C(=O)OCC)CC4)OC[C@H]3O[C@H]2n2ccc(=O)[nH]c2=O)c(=O)[nH]c1=O. The second-order valence-electron chi connectivity index (χ2n) is 17.9. The zero-order chi connectivity index (χ0) is 49.6. The number of phosphoric ester groups is 2. The summed E-state index contributed by atoms with van der Waals surface area (Å²) in [6, 6.07) is 1.06. The van der Waals surface area contributed by atoms with E-state index in [1.54, 1.807) is 34.6 Å². The van der Waals surface area contributed by atoms with Crippen molar-refractivity contribution >= 4 is 39.2 Å². The lowest BCUT2D eigenvalue weighted by Gasteiger charge is -2.39. The van der Waals surface area contributed by atoms with Gasteiger partial charge >= 0.3 is 44.9 Å². The third kappa shape index (κ3) is 10.3. The molecule has 1 saturated carbocycles. The highest BCUT2D eigenvalue weighted by Crippen LogP contribution is 2.62. The molecule has 0 aromatic carbocycles. The quantitative estimate of drug-likeness (QED) is 0.0635. The molecule has 3 N–H and O–H groups in total. The number of anilines is 1. The van der Waals surface area contributed by atoms with Crippen LogP contribution in [0.1, 0.15) is 86.6 Å². The Labute approximate surface area is 388 Å². The molecule has 10 atom stereocenters. The molecule has 5 fully saturated rings. The molecule has 4 saturated heterocycles. The molecule has 7 rings (SSSR count). The topological polar surface area (TPSA) is 309 Å². The molecule has 0 bridgehead atoms. The first-order valence-electron chi connectivity index (χ1n) is 22.0. The minimum atomic E-state index is -4.49. The molecule has 2 aromatic rings. The number of aromatic amines is 2. The number of hydrogen-bond acceptors (Lipinski definition) is 21. The maximum absolute atomic E-state index is 14.1. The highest BCUT2D eigenvalue weighted by Gasteiger charge is 2.63. The van der Waals surface area contributed by atoms with Gasteiger partial charge in [0.2, 0.25) is 0 Å². The summed E-state index contributed by atoms with van der Waals surface area (Å²) in [6.07, 6.45) is 0.559. The third-order valence-corrected chi connectivity index (χ3v) is 15.0. The fraction of sp³-hybridized carbons (Fsp3) is 0.683. The van der Waals surface area contributed by atoms with E-state index in [1.807, 2.05) is 0 Å². The molecule has 0 radical (unpaired) electrons. The maximum atomic E-state index is 14.1. The predicted octanol–water partition coefficient (Wildman–Crippen LogP) is 2.41. The lowest BCUT2D eigenvalue weighted by atomic mass is 9.83. The molecule has 374 valence electrons. The number of fused-ring (bicyclic) bond motifs is 2. The van der Waals surface area contributed by atoms with E-state index in [-0.39, 0.29) is 31.7 Å². The van der Waals surface area contributed by atoms with E-state index in [0.717, 1.165) is 27.6 Å². The average Bonchev–Trinajstić information content (AvgIpc) is 3.93. The van der Waals surface area contributed by atoms with Crippen LogP contribution in [0.2, 0.25) is 0 Å². The highest BCUT2D eigenvalue weighted by atomic mass is 31.2. The maximum Gasteiger partial charge on any atom is 0.475 e. The van der Waals surface area contributed by atoms with Crippen LogP contribution in [0, 0.1) is 29.1 Å². The van der Waals surface area contributed by atoms with Crippen molar-refractivity contribution in [3.8, 4) is 12.3 Å². The molecule has 27 heteroatoms. The smallest absolute Gasteiger partial charge is 0.466 e. The summed E-state index contributed by atoms with van der Waals surface area (Å²) in [4.78, 5) is 95.2. The minimum Gasteiger partial charge on any atom is -0.466 e. The Morgan fingerprint density at radius 3 is 2.01 bits per heavy atom. The van der Waals surface area contributed by atoms with Gasteiger partial charge in [0.25, 0.3) is 11.1 Å². The first kappa shape index (κ1) is 51.1. The fourth-order valence-electron chi connectivity index (χ4n) is 8.46. The first-order chi connectivity index (χ1) is 32.0. The van der Waals surface area contributed by atoms with E-state index in [9.17, 15) is 42.7 Å². The molecule has 0 amide bonds. The number of terminal acetylenes is 1. The van der Waals surface area contributed by atoms with Crippen LogP contribution < -0.4 is 27.8 Å². The second-order valence-corrected chi connectivity index (χ2v) is 21.1. The summed E-state index contributed by atoms with van der Waals surface area (Å²) in [5, 5.41) is 3.02. The van der Waals surface area contributed by atoms with Crippen molar-refractivity contribution in [3.63, 3.8) is 0 Å². The summed E-state index contributed by atoms with van der Waals surface area (Å²) in [6.45, 7) is 9.70. The van der Waals surface area contributed by atoms with Gasteiger partial charge in [0.1, 0.15) is 41.1 Å². The summed E-state index contributed by atoms with van der Waals surface area (Å²) in [5.41, 5.74) is -8.18. The Morgan fingerprint density at radius 1 is 0.868 bits per heavy atom. The van der Waals surface area contributed by atoms with Gasteiger partial charge in [0, 0.05) is 18.5 Å². The number of carbonyl (C=O) groups excluding carboxylic acids is 3. The molecule has 0 spiro atoms. The summed E-state index contributed by atoms with van der Waals surface area (Å²) < 4.78 is 92.2. The second kappa shape index (κ2) is 19.6. The van der Waals surface area contributed by atoms with Gasteiger partial charge in [0.05, 0.1) is 50.7 Å². The fourth-order valence-corrected chi connectivity index (χ4v) is 11.4. The Kier molecular flexibility index (Phi) is 14.7. The van der Waals surface area contributed by atoms with Crippen molar-refractivity contribution in [2.75, 3.05) is 38.4 Å². The van der Waals surface area contributed by atoms with Crippen LogP contribution in [0.25, 0.3) is 0 Å². The zero-order valence-electron chi connectivity index (χ0n) is 38.3. The lowest BCUT2D eigenvalue weighted by molar-refractivity contribution is -0.167. The monoisotopic (exact) mass is 999 g/mol. The molecule has 0 unspecified atom stereocenters. The molecule has 4 aliphatic heterocycles. The number of nitrogens with one attached hydrogen (secondary N) is 3. The van der Waals surface area contributed by atoms with E-state index < -0.39 is 147 Å². The largest absolute Gasteiger partial charge is 0.475 e. The number of phosphoric acid groups is 2. The van der Waals surface area contributed by atoms with E-state index in [0.29, 0.717) is 12.8 Å². The summed E-state index contributed by atoms with van der Waals surface area (Å²) >= 11 is 0. The highest BCUT2D eigenvalue weighted by molar-refractivity contribution is 7.48. The normalized spacial score (nSPS) is 32.5. The molecule has 1 aliphatic carbocycles. The lowest BCUT2D eigenvalue weighted by Crippen LogP contribution is -2.55. The van der Waals surface area contributed by atoms with Gasteiger partial charge in [-0.15, -0.1) is 6.42 Å². The molecule has 68 heavy (non-hydrogen) atoms. The van der Waals surface area contributed by atoms with Crippen molar-refractivity contribution in [1.82, 2.24) is 19.1 Å². The van der Waals surface area contributed by atoms with Gasteiger partial charge in [-0.3, -0.25) is 70.2 Å². The van der Waals surface area contributed by atoms with Gasteiger partial charge < -0.3 is 29.0 Å². The van der Waals surface area contributed by atoms with Crippen molar-refractivity contribution in [1.29, 1.82) is 0 Å². The first-order valence-corrected chi connectivity index (χ1v) is 24.9. The number of nitrogens with zero attached hydrogens (tertiary/aromatic N) is 2. The van der Waals surface area contributed by atoms with Gasteiger partial charge in [-0.2, -0.15) is 0 Å². The number of rotatable bonds is 18. The van der Waals surface area contributed by atoms with E-state index in [2.05, 4.69) is 21.2 Å². The molecule has 25 nitrogen and oxygen atoms in total. The van der Waals surface area contributed by atoms with Crippen LogP contribution >= 0.6 is 15.6 Å². The molecule has 5 aliphatic rings. The van der Waals surface area contributed by atoms with Crippen LogP contribution in [0.5, 0.6) is 0 Å². The Balaban J connectivity index is 1.13. The van der Waals surface area contributed by atoms with Crippen molar-refractivity contribution < 1.29 is 74.3 Å². The van der Waals surface area contributed by atoms with Gasteiger partial charge in [-0.25, -0.2) is 18.7 Å². The number of carbonyl (C=O) groups is 3. The Bertz CT molecular complexity index is 2630. The Morgan fingerprint density at radius 2 is 1.44 bits per heavy atom. The van der Waals surface area contributed by atoms with Crippen molar-refractivity contribution in [2.45, 2.75) is 129 Å².